The van der Waals surface area contributed by atoms with Gasteiger partial charge in [-0.3, -0.25) is 4.40 Å². The zero-order chi connectivity index (χ0) is 26.3. The predicted octanol–water partition coefficient (Wildman–Crippen LogP) is 4.24. The molecule has 1 saturated heterocycles. The van der Waals surface area contributed by atoms with Crippen molar-refractivity contribution in [3.05, 3.63) is 66.3 Å². The van der Waals surface area contributed by atoms with Crippen molar-refractivity contribution >= 4 is 32.9 Å². The number of aromatic nitrogens is 5. The Morgan fingerprint density at radius 2 is 1.76 bits per heavy atom. The number of anilines is 3. The van der Waals surface area contributed by atoms with Crippen molar-refractivity contribution in [1.82, 2.24) is 24.3 Å². The molecule has 4 heterocycles. The van der Waals surface area contributed by atoms with E-state index in [0.717, 1.165) is 49.0 Å². The summed E-state index contributed by atoms with van der Waals surface area (Å²) in [5.74, 6) is 1.32. The molecule has 0 saturated carbocycles. The van der Waals surface area contributed by atoms with Crippen LogP contribution in [-0.4, -0.2) is 52.1 Å². The van der Waals surface area contributed by atoms with Gasteiger partial charge in [-0.05, 0) is 42.0 Å². The van der Waals surface area contributed by atoms with Crippen LogP contribution in [0, 0.1) is 17.7 Å². The lowest BCUT2D eigenvalue weighted by Crippen LogP contribution is -2.44. The molecule has 194 valence electrons. The van der Waals surface area contributed by atoms with E-state index < -0.39 is 15.7 Å². The van der Waals surface area contributed by atoms with Gasteiger partial charge in [0, 0.05) is 61.9 Å². The van der Waals surface area contributed by atoms with Crippen LogP contribution in [0.25, 0.3) is 5.65 Å². The molecule has 1 fully saturated rings. The molecular weight excluding hydrogens is 493 g/mol. The second-order valence-corrected chi connectivity index (χ2v) is 11.8. The molecular formula is C26H30FN7O2S. The fourth-order valence-electron chi connectivity index (χ4n) is 5.23. The van der Waals surface area contributed by atoms with E-state index in [4.69, 9.17) is 0 Å². The molecule has 1 N–H and O–H groups in total. The second-order valence-electron chi connectivity index (χ2n) is 9.82. The van der Waals surface area contributed by atoms with Gasteiger partial charge in [-0.25, -0.2) is 32.7 Å². The molecule has 11 heteroatoms. The van der Waals surface area contributed by atoms with Crippen LogP contribution in [0.2, 0.25) is 0 Å². The summed E-state index contributed by atoms with van der Waals surface area (Å²) in [5.41, 5.74) is 2.89. The monoisotopic (exact) mass is 523 g/mol. The lowest BCUT2D eigenvalue weighted by Gasteiger charge is -2.41. The van der Waals surface area contributed by atoms with Crippen molar-refractivity contribution in [2.45, 2.75) is 38.0 Å². The highest BCUT2D eigenvalue weighted by atomic mass is 32.2. The number of rotatable bonds is 6. The summed E-state index contributed by atoms with van der Waals surface area (Å²) in [6.45, 7) is 8.19. The largest absolute Gasteiger partial charge is 0.340 e. The minimum absolute atomic E-state index is 0.0779. The maximum atomic E-state index is 14.7. The number of halogens is 1. The zero-order valence-corrected chi connectivity index (χ0v) is 22.1. The van der Waals surface area contributed by atoms with Gasteiger partial charge in [-0.1, -0.05) is 20.8 Å². The summed E-state index contributed by atoms with van der Waals surface area (Å²) >= 11 is 0. The smallest absolute Gasteiger partial charge is 0.225 e. The molecule has 2 atom stereocenters. The van der Waals surface area contributed by atoms with Crippen molar-refractivity contribution in [2.24, 2.45) is 11.8 Å². The van der Waals surface area contributed by atoms with Crippen molar-refractivity contribution in [1.29, 1.82) is 0 Å². The molecule has 0 amide bonds. The number of nitrogens with one attached hydrogen (secondary N) is 1. The summed E-state index contributed by atoms with van der Waals surface area (Å²) in [6.07, 6.45) is 11.1. The molecule has 0 spiro atoms. The summed E-state index contributed by atoms with van der Waals surface area (Å²) in [5, 5.41) is 2.98. The average molecular weight is 524 g/mol. The maximum Gasteiger partial charge on any atom is 0.225 e. The van der Waals surface area contributed by atoms with Crippen molar-refractivity contribution in [2.75, 3.05) is 29.6 Å². The van der Waals surface area contributed by atoms with E-state index in [1.165, 1.54) is 12.1 Å². The lowest BCUT2D eigenvalue weighted by atomic mass is 9.77. The van der Waals surface area contributed by atoms with Crippen molar-refractivity contribution < 1.29 is 12.8 Å². The Hall–Kier alpha value is -3.60. The summed E-state index contributed by atoms with van der Waals surface area (Å²) in [7, 11) is -3.51. The van der Waals surface area contributed by atoms with Crippen LogP contribution in [0.3, 0.4) is 0 Å². The van der Waals surface area contributed by atoms with Gasteiger partial charge < -0.3 is 10.2 Å². The van der Waals surface area contributed by atoms with Gasteiger partial charge in [-0.2, -0.15) is 0 Å². The van der Waals surface area contributed by atoms with Gasteiger partial charge in [0.05, 0.1) is 10.6 Å². The zero-order valence-electron chi connectivity index (χ0n) is 21.3. The minimum atomic E-state index is -3.51. The highest BCUT2D eigenvalue weighted by Gasteiger charge is 2.36. The third kappa shape index (κ3) is 4.87. The molecule has 1 aliphatic heterocycles. The Morgan fingerprint density at radius 1 is 1.05 bits per heavy atom. The minimum Gasteiger partial charge on any atom is -0.340 e. The van der Waals surface area contributed by atoms with E-state index in [2.05, 4.69) is 50.9 Å². The number of aryl methyl sites for hydroxylation is 1. The number of hydrogen-bond donors (Lipinski definition) is 1. The number of hydrogen-bond acceptors (Lipinski definition) is 8. The fourth-order valence-corrected chi connectivity index (χ4v) is 5.86. The standard InChI is InChI=1S/C26H30FN7O2S/c1-5-18-11-30-26(31-12-18)33-14-16(2)23(17(3)15-33)22-13-29-25-24(28-8-9-34(22)25)32-21-7-6-19(10-20(21)27)37(4,35)36/h6-13,16-17,23H,5,14-15H2,1-4H3,(H,28,32). The van der Waals surface area contributed by atoms with Crippen LogP contribution in [0.5, 0.6) is 0 Å². The summed E-state index contributed by atoms with van der Waals surface area (Å²) < 4.78 is 40.2. The second kappa shape index (κ2) is 9.70. The van der Waals surface area contributed by atoms with E-state index in [1.54, 1.807) is 6.20 Å². The first-order valence-corrected chi connectivity index (χ1v) is 14.2. The number of piperidine rings is 1. The average Bonchev–Trinajstić information content (AvgIpc) is 3.29. The normalized spacial score (nSPS) is 20.4. The van der Waals surface area contributed by atoms with E-state index in [1.807, 2.05) is 29.2 Å². The Bertz CT molecular complexity index is 1530. The Morgan fingerprint density at radius 3 is 2.38 bits per heavy atom. The van der Waals surface area contributed by atoms with E-state index in [-0.39, 0.29) is 16.5 Å². The SMILES string of the molecule is CCc1cnc(N2CC(C)C(c3cnc4c(Nc5ccc(S(C)(=O)=O)cc5F)nccn34)C(C)C2)nc1. The maximum absolute atomic E-state index is 14.7. The molecule has 37 heavy (non-hydrogen) atoms. The highest BCUT2D eigenvalue weighted by molar-refractivity contribution is 7.90. The number of imidazole rings is 1. The number of benzene rings is 1. The Labute approximate surface area is 215 Å². The van der Waals surface area contributed by atoms with E-state index >= 15 is 0 Å². The molecule has 4 aromatic rings. The number of fused-ring (bicyclic) bond motifs is 1. The lowest BCUT2D eigenvalue weighted by molar-refractivity contribution is 0.289. The molecule has 0 bridgehead atoms. The molecule has 0 radical (unpaired) electrons. The first kappa shape index (κ1) is 25.1. The van der Waals surface area contributed by atoms with Crippen molar-refractivity contribution in [3.8, 4) is 0 Å². The topological polar surface area (TPSA) is 105 Å². The van der Waals surface area contributed by atoms with Crippen molar-refractivity contribution in [3.63, 3.8) is 0 Å². The molecule has 1 aliphatic rings. The van der Waals surface area contributed by atoms with Gasteiger partial charge in [0.25, 0.3) is 0 Å². The van der Waals surface area contributed by atoms with E-state index in [9.17, 15) is 12.8 Å². The van der Waals surface area contributed by atoms with Gasteiger partial charge in [0.2, 0.25) is 5.95 Å². The van der Waals surface area contributed by atoms with Crippen LogP contribution in [-0.2, 0) is 16.3 Å². The molecule has 2 unspecified atom stereocenters. The number of sulfone groups is 1. The third-order valence-electron chi connectivity index (χ3n) is 7.05. The molecule has 9 nitrogen and oxygen atoms in total. The van der Waals surface area contributed by atoms with Gasteiger partial charge >= 0.3 is 0 Å². The Balaban J connectivity index is 1.41. The van der Waals surface area contributed by atoms with Crippen LogP contribution in [0.4, 0.5) is 21.8 Å². The summed E-state index contributed by atoms with van der Waals surface area (Å²) in [6, 6.07) is 3.77. The van der Waals surface area contributed by atoms with Crippen LogP contribution in [0.15, 0.2) is 54.1 Å². The van der Waals surface area contributed by atoms with Gasteiger partial charge in [-0.15, -0.1) is 0 Å². The first-order valence-electron chi connectivity index (χ1n) is 12.3. The number of nitrogens with zero attached hydrogens (tertiary/aromatic N) is 6. The molecule has 3 aromatic heterocycles. The fraction of sp³-hybridized carbons (Fsp3) is 0.385. The van der Waals surface area contributed by atoms with Gasteiger partial charge in [0.15, 0.2) is 21.3 Å². The molecule has 5 rings (SSSR count). The highest BCUT2D eigenvalue weighted by Crippen LogP contribution is 2.38. The third-order valence-corrected chi connectivity index (χ3v) is 8.16. The molecule has 1 aromatic carbocycles. The van der Waals surface area contributed by atoms with Crippen LogP contribution >= 0.6 is 0 Å². The Kier molecular flexibility index (Phi) is 6.57. The quantitative estimate of drug-likeness (QED) is 0.400. The van der Waals surface area contributed by atoms with Gasteiger partial charge in [0.1, 0.15) is 5.82 Å². The molecule has 0 aliphatic carbocycles. The predicted molar refractivity (Wildman–Crippen MR) is 140 cm³/mol. The first-order chi connectivity index (χ1) is 17.7. The van der Waals surface area contributed by atoms with Crippen LogP contribution in [0.1, 0.15) is 37.9 Å². The summed E-state index contributed by atoms with van der Waals surface area (Å²) in [4.78, 5) is 20.3. The van der Waals surface area contributed by atoms with E-state index in [0.29, 0.717) is 23.3 Å². The van der Waals surface area contributed by atoms with Crippen LogP contribution < -0.4 is 10.2 Å².